The van der Waals surface area contributed by atoms with Gasteiger partial charge in [0.15, 0.2) is 24.8 Å². The van der Waals surface area contributed by atoms with Crippen LogP contribution in [0.5, 0.6) is 5.75 Å². The van der Waals surface area contributed by atoms with Crippen molar-refractivity contribution >= 4 is 52.3 Å². The minimum Gasteiger partial charge on any atom is -0.497 e. The molecule has 0 unspecified atom stereocenters. The summed E-state index contributed by atoms with van der Waals surface area (Å²) in [6.07, 6.45) is 1.34. The molecule has 3 aromatic rings. The summed E-state index contributed by atoms with van der Waals surface area (Å²) in [6, 6.07) is 10.8. The third-order valence-corrected chi connectivity index (χ3v) is 9.27. The summed E-state index contributed by atoms with van der Waals surface area (Å²) in [5.74, 6) is 0.166. The van der Waals surface area contributed by atoms with Gasteiger partial charge in [0.05, 0.1) is 32.9 Å². The van der Waals surface area contributed by atoms with Crippen molar-refractivity contribution in [2.75, 3.05) is 51.2 Å². The average Bonchev–Trinajstić information content (AvgIpc) is 3.21. The number of hydrogen-bond donors (Lipinski definition) is 0. The van der Waals surface area contributed by atoms with Gasteiger partial charge in [-0.3, -0.25) is 9.69 Å². The minimum absolute atomic E-state index is 0.0350. The monoisotopic (exact) mass is 539 g/mol. The lowest BCUT2D eigenvalue weighted by molar-refractivity contribution is -0.118. The van der Waals surface area contributed by atoms with Crippen molar-refractivity contribution < 1.29 is 26.4 Å². The Bertz CT molecular complexity index is 1400. The first-order chi connectivity index (χ1) is 16.4. The van der Waals surface area contributed by atoms with E-state index in [1.807, 2.05) is 19.0 Å². The summed E-state index contributed by atoms with van der Waals surface area (Å²) < 4.78 is 54.8. The molecule has 190 valence electrons. The second-order valence-electron chi connectivity index (χ2n) is 8.34. The molecule has 1 heterocycles. The fourth-order valence-corrected chi connectivity index (χ4v) is 6.40. The van der Waals surface area contributed by atoms with E-state index in [0.717, 1.165) is 6.26 Å². The number of methoxy groups -OCH3 is 1. The smallest absolute Gasteiger partial charge is 0.228 e. The van der Waals surface area contributed by atoms with Gasteiger partial charge < -0.3 is 9.64 Å². The molecule has 3 rings (SSSR count). The molecule has 0 spiro atoms. The lowest BCUT2D eigenvalue weighted by Crippen LogP contribution is -2.36. The Morgan fingerprint density at radius 3 is 2.26 bits per heavy atom. The standard InChI is InChI=1S/C23H29N3O6S3/c1-25(2)13-14-26(23-24-20-12-11-19(34(4,28)29)16-21(20)33-23)22(27)6-5-15-35(30,31)18-9-7-17(32-3)8-10-18/h7-12,16H,5-6,13-15H2,1-4H3. The summed E-state index contributed by atoms with van der Waals surface area (Å²) in [4.78, 5) is 21.5. The van der Waals surface area contributed by atoms with Crippen molar-refractivity contribution in [2.45, 2.75) is 22.6 Å². The Morgan fingerprint density at radius 2 is 1.66 bits per heavy atom. The van der Waals surface area contributed by atoms with Crippen LogP contribution in [0.2, 0.25) is 0 Å². The van der Waals surface area contributed by atoms with Crippen LogP contribution in [0.25, 0.3) is 10.2 Å². The molecule has 0 aliphatic heterocycles. The number of aromatic nitrogens is 1. The number of carbonyl (C=O) groups is 1. The van der Waals surface area contributed by atoms with E-state index in [9.17, 15) is 21.6 Å². The predicted molar refractivity (Wildman–Crippen MR) is 138 cm³/mol. The second-order valence-corrected chi connectivity index (χ2v) is 13.5. The van der Waals surface area contributed by atoms with Crippen LogP contribution in [0.4, 0.5) is 5.13 Å². The number of thiazole rings is 1. The van der Waals surface area contributed by atoms with Crippen molar-refractivity contribution in [3.05, 3.63) is 42.5 Å². The summed E-state index contributed by atoms with van der Waals surface area (Å²) in [6.45, 7) is 0.955. The first-order valence-electron chi connectivity index (χ1n) is 10.8. The number of nitrogens with zero attached hydrogens (tertiary/aromatic N) is 3. The summed E-state index contributed by atoms with van der Waals surface area (Å²) >= 11 is 1.24. The molecule has 0 radical (unpaired) electrons. The number of ether oxygens (including phenoxy) is 1. The Morgan fingerprint density at radius 1 is 1.00 bits per heavy atom. The van der Waals surface area contributed by atoms with E-state index < -0.39 is 19.7 Å². The first-order valence-corrected chi connectivity index (χ1v) is 15.2. The number of amides is 1. The van der Waals surface area contributed by atoms with Gasteiger partial charge >= 0.3 is 0 Å². The molecule has 0 bridgehead atoms. The molecule has 0 N–H and O–H groups in total. The number of carbonyl (C=O) groups excluding carboxylic acids is 1. The Kier molecular flexibility index (Phi) is 8.52. The van der Waals surface area contributed by atoms with Gasteiger partial charge in [0.25, 0.3) is 0 Å². The maximum Gasteiger partial charge on any atom is 0.228 e. The van der Waals surface area contributed by atoms with Gasteiger partial charge in [-0.15, -0.1) is 0 Å². The van der Waals surface area contributed by atoms with E-state index in [-0.39, 0.29) is 34.3 Å². The van der Waals surface area contributed by atoms with Gasteiger partial charge in [-0.2, -0.15) is 0 Å². The highest BCUT2D eigenvalue weighted by Gasteiger charge is 2.22. The van der Waals surface area contributed by atoms with E-state index in [0.29, 0.717) is 34.2 Å². The topological polar surface area (TPSA) is 114 Å². The van der Waals surface area contributed by atoms with Crippen LogP contribution in [0, 0.1) is 0 Å². The van der Waals surface area contributed by atoms with Crippen LogP contribution < -0.4 is 9.64 Å². The molecule has 9 nitrogen and oxygen atoms in total. The fourth-order valence-electron chi connectivity index (χ4n) is 3.32. The Hall–Kier alpha value is -2.54. The van der Waals surface area contributed by atoms with Gasteiger partial charge in [-0.1, -0.05) is 11.3 Å². The zero-order chi connectivity index (χ0) is 25.8. The molecule has 0 saturated carbocycles. The number of anilines is 1. The van der Waals surface area contributed by atoms with E-state index in [2.05, 4.69) is 4.98 Å². The lowest BCUT2D eigenvalue weighted by atomic mass is 10.3. The molecule has 2 aromatic carbocycles. The third-order valence-electron chi connectivity index (χ3n) is 5.30. The number of likely N-dealkylation sites (N-methyl/N-ethyl adjacent to an activating group) is 1. The van der Waals surface area contributed by atoms with Crippen molar-refractivity contribution in [1.82, 2.24) is 9.88 Å². The molecule has 0 aliphatic carbocycles. The molecular formula is C23H29N3O6S3. The average molecular weight is 540 g/mol. The Labute approximate surface area is 210 Å². The van der Waals surface area contributed by atoms with Crippen molar-refractivity contribution in [1.29, 1.82) is 0 Å². The molecule has 12 heteroatoms. The van der Waals surface area contributed by atoms with E-state index in [1.54, 1.807) is 29.2 Å². The van der Waals surface area contributed by atoms with E-state index >= 15 is 0 Å². The summed E-state index contributed by atoms with van der Waals surface area (Å²) in [5.41, 5.74) is 0.599. The number of fused-ring (bicyclic) bond motifs is 1. The molecule has 35 heavy (non-hydrogen) atoms. The molecule has 0 saturated heterocycles. The number of benzene rings is 2. The van der Waals surface area contributed by atoms with Crippen molar-refractivity contribution in [2.24, 2.45) is 0 Å². The highest BCUT2D eigenvalue weighted by atomic mass is 32.2. The van der Waals surface area contributed by atoms with E-state index in [1.165, 1.54) is 36.6 Å². The van der Waals surface area contributed by atoms with Crippen LogP contribution in [-0.2, 0) is 24.5 Å². The number of hydrogen-bond acceptors (Lipinski definition) is 9. The third kappa shape index (κ3) is 7.00. The largest absolute Gasteiger partial charge is 0.497 e. The van der Waals surface area contributed by atoms with Crippen LogP contribution in [-0.4, -0.2) is 78.9 Å². The first kappa shape index (κ1) is 27.1. The van der Waals surface area contributed by atoms with Crippen molar-refractivity contribution in [3.8, 4) is 5.75 Å². The maximum absolute atomic E-state index is 13.1. The highest BCUT2D eigenvalue weighted by molar-refractivity contribution is 7.91. The van der Waals surface area contributed by atoms with Gasteiger partial charge in [0, 0.05) is 25.8 Å². The molecule has 0 aliphatic rings. The van der Waals surface area contributed by atoms with Crippen LogP contribution >= 0.6 is 11.3 Å². The van der Waals surface area contributed by atoms with Gasteiger partial charge in [0.2, 0.25) is 5.91 Å². The number of rotatable bonds is 11. The predicted octanol–water partition coefficient (Wildman–Crippen LogP) is 2.86. The van der Waals surface area contributed by atoms with Crippen LogP contribution in [0.1, 0.15) is 12.8 Å². The lowest BCUT2D eigenvalue weighted by Gasteiger charge is -2.22. The summed E-state index contributed by atoms with van der Waals surface area (Å²) in [5, 5.41) is 0.454. The van der Waals surface area contributed by atoms with Crippen LogP contribution in [0.3, 0.4) is 0 Å². The zero-order valence-electron chi connectivity index (χ0n) is 20.1. The molecule has 1 amide bonds. The summed E-state index contributed by atoms with van der Waals surface area (Å²) in [7, 11) is -1.62. The van der Waals surface area contributed by atoms with Crippen molar-refractivity contribution in [3.63, 3.8) is 0 Å². The van der Waals surface area contributed by atoms with Gasteiger partial charge in [-0.05, 0) is 63.0 Å². The quantitative estimate of drug-likeness (QED) is 0.366. The van der Waals surface area contributed by atoms with Gasteiger partial charge in [0.1, 0.15) is 5.75 Å². The SMILES string of the molecule is COc1ccc(S(=O)(=O)CCCC(=O)N(CCN(C)C)c2nc3ccc(S(C)(=O)=O)cc3s2)cc1. The fraction of sp³-hybridized carbons (Fsp3) is 0.391. The molecule has 0 atom stereocenters. The zero-order valence-corrected chi connectivity index (χ0v) is 22.5. The maximum atomic E-state index is 13.1. The van der Waals surface area contributed by atoms with E-state index in [4.69, 9.17) is 4.74 Å². The normalized spacial score (nSPS) is 12.3. The number of sulfone groups is 2. The second kappa shape index (κ2) is 11.0. The van der Waals surface area contributed by atoms with Gasteiger partial charge in [-0.25, -0.2) is 21.8 Å². The van der Waals surface area contributed by atoms with Crippen LogP contribution in [0.15, 0.2) is 52.3 Å². The highest BCUT2D eigenvalue weighted by Crippen LogP contribution is 2.31. The minimum atomic E-state index is -3.54. The Balaban J connectivity index is 1.76. The molecule has 0 fully saturated rings. The molecule has 1 aromatic heterocycles. The molecular weight excluding hydrogens is 510 g/mol.